The van der Waals surface area contributed by atoms with Gasteiger partial charge in [-0.15, -0.1) is 0 Å². The molecule has 0 amide bonds. The van der Waals surface area contributed by atoms with Gasteiger partial charge in [0.1, 0.15) is 11.2 Å². The van der Waals surface area contributed by atoms with E-state index in [0.717, 1.165) is 38.8 Å². The fourth-order valence-corrected chi connectivity index (χ4v) is 10.5. The Kier molecular flexibility index (Phi) is 6.13. The van der Waals surface area contributed by atoms with Crippen molar-refractivity contribution >= 4 is 43.7 Å². The molecule has 1 spiro atoms. The fourth-order valence-electron chi connectivity index (χ4n) is 10.5. The second-order valence-corrected chi connectivity index (χ2v) is 15.5. The van der Waals surface area contributed by atoms with Crippen LogP contribution in [-0.4, -0.2) is 4.57 Å². The third kappa shape index (κ3) is 3.99. The van der Waals surface area contributed by atoms with Crippen LogP contribution in [0.5, 0.6) is 0 Å². The molecule has 2 heteroatoms. The van der Waals surface area contributed by atoms with Crippen molar-refractivity contribution < 1.29 is 4.42 Å². The summed E-state index contributed by atoms with van der Waals surface area (Å²) in [6, 6.07) is 73.6. The molecule has 2 nitrogen and oxygen atoms in total. The highest BCUT2D eigenvalue weighted by molar-refractivity contribution is 6.17. The SMILES string of the molecule is c1ccc2c(c1)-c1ccccc1C21c2ccccc2-c2c1ccc1c3ccccc3n(-c3ccc(-c4ccc(-c5cccc6c5oc5ccccc56)cc4)cc3)c21. The van der Waals surface area contributed by atoms with Crippen LogP contribution >= 0.6 is 0 Å². The van der Waals surface area contributed by atoms with Crippen molar-refractivity contribution in [3.8, 4) is 50.2 Å². The second kappa shape index (κ2) is 11.3. The predicted molar refractivity (Wildman–Crippen MR) is 235 cm³/mol. The van der Waals surface area contributed by atoms with Crippen molar-refractivity contribution in [3.63, 3.8) is 0 Å². The average molecular weight is 724 g/mol. The van der Waals surface area contributed by atoms with E-state index in [-0.39, 0.29) is 5.41 Å². The van der Waals surface area contributed by atoms with Gasteiger partial charge in [-0.25, -0.2) is 0 Å². The Labute approximate surface area is 329 Å². The number of aromatic nitrogens is 1. The topological polar surface area (TPSA) is 18.1 Å². The molecule has 0 aliphatic heterocycles. The molecule has 0 unspecified atom stereocenters. The van der Waals surface area contributed by atoms with Gasteiger partial charge in [0.05, 0.1) is 16.4 Å². The minimum Gasteiger partial charge on any atom is -0.455 e. The average Bonchev–Trinajstić information content (AvgIpc) is 4.00. The molecule has 9 aromatic carbocycles. The summed E-state index contributed by atoms with van der Waals surface area (Å²) in [5, 5.41) is 4.84. The van der Waals surface area contributed by atoms with Crippen molar-refractivity contribution in [2.45, 2.75) is 5.41 Å². The Bertz CT molecular complexity index is 3410. The first-order valence-electron chi connectivity index (χ1n) is 19.8. The van der Waals surface area contributed by atoms with Gasteiger partial charge >= 0.3 is 0 Å². The molecule has 2 aliphatic carbocycles. The van der Waals surface area contributed by atoms with E-state index < -0.39 is 0 Å². The van der Waals surface area contributed by atoms with Gasteiger partial charge in [0.15, 0.2) is 0 Å². The number of benzene rings is 9. The summed E-state index contributed by atoms with van der Waals surface area (Å²) >= 11 is 0. The van der Waals surface area contributed by atoms with Crippen LogP contribution < -0.4 is 0 Å². The van der Waals surface area contributed by atoms with Crippen molar-refractivity contribution in [1.82, 2.24) is 4.57 Å². The highest BCUT2D eigenvalue weighted by Gasteiger charge is 2.52. The van der Waals surface area contributed by atoms with E-state index in [2.05, 4.69) is 193 Å². The molecule has 57 heavy (non-hydrogen) atoms. The largest absolute Gasteiger partial charge is 0.455 e. The van der Waals surface area contributed by atoms with Gasteiger partial charge in [0.25, 0.3) is 0 Å². The smallest absolute Gasteiger partial charge is 0.143 e. The molecule has 0 saturated heterocycles. The molecule has 0 saturated carbocycles. The van der Waals surface area contributed by atoms with E-state index in [4.69, 9.17) is 4.42 Å². The highest BCUT2D eigenvalue weighted by atomic mass is 16.3. The van der Waals surface area contributed by atoms with Gasteiger partial charge in [-0.3, -0.25) is 0 Å². The minimum atomic E-state index is -0.388. The van der Waals surface area contributed by atoms with E-state index in [1.807, 2.05) is 12.1 Å². The van der Waals surface area contributed by atoms with Gasteiger partial charge in [-0.1, -0.05) is 176 Å². The maximum Gasteiger partial charge on any atom is 0.143 e. The number of hydrogen-bond donors (Lipinski definition) is 0. The fraction of sp³-hybridized carbons (Fsp3) is 0.0182. The van der Waals surface area contributed by atoms with Crippen LogP contribution in [0.2, 0.25) is 0 Å². The number of fused-ring (bicyclic) bond motifs is 17. The molecule has 264 valence electrons. The summed E-state index contributed by atoms with van der Waals surface area (Å²) in [5.41, 5.74) is 20.4. The van der Waals surface area contributed by atoms with Crippen LogP contribution in [0.1, 0.15) is 22.3 Å². The van der Waals surface area contributed by atoms with Crippen LogP contribution in [0.4, 0.5) is 0 Å². The molecule has 2 aromatic heterocycles. The summed E-state index contributed by atoms with van der Waals surface area (Å²) in [6.45, 7) is 0. The van der Waals surface area contributed by atoms with Gasteiger partial charge < -0.3 is 8.98 Å². The molecule has 0 bridgehead atoms. The molecule has 2 heterocycles. The zero-order valence-electron chi connectivity index (χ0n) is 30.9. The van der Waals surface area contributed by atoms with Gasteiger partial charge in [0.2, 0.25) is 0 Å². The summed E-state index contributed by atoms with van der Waals surface area (Å²) in [5.74, 6) is 0. The molecule has 11 aromatic rings. The molecule has 13 rings (SSSR count). The first kappa shape index (κ1) is 30.9. The molecular formula is C55H33NO. The van der Waals surface area contributed by atoms with Crippen LogP contribution in [0.3, 0.4) is 0 Å². The number of nitrogens with zero attached hydrogens (tertiary/aromatic N) is 1. The van der Waals surface area contributed by atoms with Crippen LogP contribution in [0.25, 0.3) is 93.9 Å². The van der Waals surface area contributed by atoms with Crippen molar-refractivity contribution in [2.24, 2.45) is 0 Å². The number of para-hydroxylation sites is 3. The summed E-state index contributed by atoms with van der Waals surface area (Å²) < 4.78 is 8.87. The third-order valence-corrected chi connectivity index (χ3v) is 12.9. The Morgan fingerprint density at radius 2 is 0.895 bits per heavy atom. The third-order valence-electron chi connectivity index (χ3n) is 12.9. The summed E-state index contributed by atoms with van der Waals surface area (Å²) in [4.78, 5) is 0. The van der Waals surface area contributed by atoms with Crippen molar-refractivity contribution in [2.75, 3.05) is 0 Å². The van der Waals surface area contributed by atoms with E-state index in [1.54, 1.807) is 0 Å². The lowest BCUT2D eigenvalue weighted by atomic mass is 9.70. The predicted octanol–water partition coefficient (Wildman–Crippen LogP) is 14.4. The molecule has 0 N–H and O–H groups in total. The summed E-state index contributed by atoms with van der Waals surface area (Å²) in [7, 11) is 0. The van der Waals surface area contributed by atoms with Gasteiger partial charge in [0, 0.05) is 38.4 Å². The van der Waals surface area contributed by atoms with Crippen molar-refractivity contribution in [3.05, 3.63) is 222 Å². The van der Waals surface area contributed by atoms with E-state index in [0.29, 0.717) is 0 Å². The first-order valence-corrected chi connectivity index (χ1v) is 19.8. The van der Waals surface area contributed by atoms with Crippen molar-refractivity contribution in [1.29, 1.82) is 0 Å². The van der Waals surface area contributed by atoms with Crippen LogP contribution in [0.15, 0.2) is 205 Å². The van der Waals surface area contributed by atoms with E-state index in [1.165, 1.54) is 77.4 Å². The Morgan fingerprint density at radius 1 is 0.351 bits per heavy atom. The Morgan fingerprint density at radius 3 is 1.63 bits per heavy atom. The molecule has 0 radical (unpaired) electrons. The summed E-state index contributed by atoms with van der Waals surface area (Å²) in [6.07, 6.45) is 0. The van der Waals surface area contributed by atoms with Crippen LogP contribution in [0, 0.1) is 0 Å². The standard InChI is InChI=1S/C55H33NO/c1-6-19-46-39(12-1)40-13-2-7-20-47(40)55(46)48-21-8-3-16-45(48)52-49(55)33-32-43-41-14-4-9-22-50(41)56(53(43)52)37-30-28-35(29-31-37)34-24-26-36(27-25-34)38-17-11-18-44-42-15-5-10-23-51(42)57-54(38)44/h1-33H. The lowest BCUT2D eigenvalue weighted by molar-refractivity contribution is 0.670. The maximum atomic E-state index is 6.37. The number of hydrogen-bond acceptors (Lipinski definition) is 1. The second-order valence-electron chi connectivity index (χ2n) is 15.5. The Hall–Kier alpha value is -7.42. The van der Waals surface area contributed by atoms with E-state index >= 15 is 0 Å². The molecule has 0 atom stereocenters. The lowest BCUT2D eigenvalue weighted by Crippen LogP contribution is -2.25. The quantitative estimate of drug-likeness (QED) is 0.177. The highest BCUT2D eigenvalue weighted by Crippen LogP contribution is 2.64. The lowest BCUT2D eigenvalue weighted by Gasteiger charge is -2.30. The molecule has 2 aliphatic rings. The monoisotopic (exact) mass is 723 g/mol. The normalized spacial score (nSPS) is 13.4. The first-order chi connectivity index (χ1) is 28.3. The number of furan rings is 1. The minimum absolute atomic E-state index is 0.388. The Balaban J connectivity index is 0.977. The molecular weight excluding hydrogens is 691 g/mol. The van der Waals surface area contributed by atoms with Gasteiger partial charge in [-0.2, -0.15) is 0 Å². The number of rotatable bonds is 3. The van der Waals surface area contributed by atoms with Crippen LogP contribution in [-0.2, 0) is 5.41 Å². The van der Waals surface area contributed by atoms with Gasteiger partial charge in [-0.05, 0) is 79.9 Å². The molecule has 0 fully saturated rings. The van der Waals surface area contributed by atoms with E-state index in [9.17, 15) is 0 Å². The zero-order chi connectivity index (χ0) is 37.2. The maximum absolute atomic E-state index is 6.37. The zero-order valence-corrected chi connectivity index (χ0v) is 30.9.